The van der Waals surface area contributed by atoms with Crippen LogP contribution in [0.2, 0.25) is 0 Å². The van der Waals surface area contributed by atoms with Crippen LogP contribution < -0.4 is 11.1 Å². The predicted molar refractivity (Wildman–Crippen MR) is 71.1 cm³/mol. The molecule has 1 aliphatic carbocycles. The standard InChI is InChI=1S/C14H20FN3O/c1-10-4-6-14(9-16,7-5-10)18-13(19)12-3-2-11(15)8-17-12/h2-3,8,10H,4-7,9,16H2,1H3,(H,18,19). The summed E-state index contributed by atoms with van der Waals surface area (Å²) in [5, 5.41) is 2.99. The van der Waals surface area contributed by atoms with Gasteiger partial charge in [-0.2, -0.15) is 0 Å². The molecule has 1 saturated carbocycles. The molecule has 1 heterocycles. The lowest BCUT2D eigenvalue weighted by Gasteiger charge is -2.39. The van der Waals surface area contributed by atoms with Gasteiger partial charge in [0.25, 0.3) is 5.91 Å². The minimum atomic E-state index is -0.448. The van der Waals surface area contributed by atoms with Crippen LogP contribution in [0.25, 0.3) is 0 Å². The normalized spacial score (nSPS) is 27.0. The molecule has 0 unspecified atom stereocenters. The molecule has 104 valence electrons. The number of aromatic nitrogens is 1. The molecule has 19 heavy (non-hydrogen) atoms. The molecule has 0 saturated heterocycles. The summed E-state index contributed by atoms with van der Waals surface area (Å²) in [6, 6.07) is 2.63. The first-order chi connectivity index (χ1) is 9.04. The SMILES string of the molecule is CC1CCC(CN)(NC(=O)c2ccc(F)cn2)CC1. The first kappa shape index (κ1) is 13.9. The molecule has 1 amide bonds. The second-order valence-corrected chi connectivity index (χ2v) is 5.48. The summed E-state index contributed by atoms with van der Waals surface area (Å²) in [6.07, 6.45) is 4.95. The van der Waals surface area contributed by atoms with Gasteiger partial charge in [0.05, 0.1) is 11.7 Å². The maximum atomic E-state index is 12.8. The minimum Gasteiger partial charge on any atom is -0.344 e. The first-order valence-electron chi connectivity index (χ1n) is 6.69. The van der Waals surface area contributed by atoms with E-state index in [2.05, 4.69) is 17.2 Å². The number of halogens is 1. The van der Waals surface area contributed by atoms with Crippen molar-refractivity contribution in [2.24, 2.45) is 11.7 Å². The van der Waals surface area contributed by atoms with Crippen molar-refractivity contribution in [2.75, 3.05) is 6.54 Å². The Hall–Kier alpha value is -1.49. The molecule has 0 atom stereocenters. The maximum Gasteiger partial charge on any atom is 0.270 e. The van der Waals surface area contributed by atoms with Gasteiger partial charge in [0.2, 0.25) is 0 Å². The van der Waals surface area contributed by atoms with Gasteiger partial charge in [0.1, 0.15) is 11.5 Å². The van der Waals surface area contributed by atoms with Crippen LogP contribution in [0.3, 0.4) is 0 Å². The van der Waals surface area contributed by atoms with E-state index in [9.17, 15) is 9.18 Å². The van der Waals surface area contributed by atoms with Crippen LogP contribution in [-0.4, -0.2) is 23.0 Å². The van der Waals surface area contributed by atoms with Gasteiger partial charge in [-0.25, -0.2) is 9.37 Å². The van der Waals surface area contributed by atoms with Crippen molar-refractivity contribution in [3.05, 3.63) is 29.8 Å². The lowest BCUT2D eigenvalue weighted by atomic mass is 9.77. The van der Waals surface area contributed by atoms with Crippen molar-refractivity contribution in [1.82, 2.24) is 10.3 Å². The van der Waals surface area contributed by atoms with Gasteiger partial charge < -0.3 is 11.1 Å². The molecule has 0 radical (unpaired) electrons. The molecule has 1 aromatic rings. The summed E-state index contributed by atoms with van der Waals surface area (Å²) in [5.41, 5.74) is 5.73. The zero-order chi connectivity index (χ0) is 13.9. The molecular weight excluding hydrogens is 245 g/mol. The van der Waals surface area contributed by atoms with Crippen LogP contribution in [-0.2, 0) is 0 Å². The molecular formula is C14H20FN3O. The molecule has 1 aromatic heterocycles. The number of nitrogens with two attached hydrogens (primary N) is 1. The van der Waals surface area contributed by atoms with E-state index in [0.29, 0.717) is 12.5 Å². The number of nitrogens with one attached hydrogen (secondary N) is 1. The monoisotopic (exact) mass is 265 g/mol. The Balaban J connectivity index is 2.06. The van der Waals surface area contributed by atoms with Crippen LogP contribution in [0.5, 0.6) is 0 Å². The zero-order valence-electron chi connectivity index (χ0n) is 11.2. The summed E-state index contributed by atoms with van der Waals surface area (Å²) in [6.45, 7) is 2.64. The van der Waals surface area contributed by atoms with E-state index in [1.165, 1.54) is 12.1 Å². The summed E-state index contributed by atoms with van der Waals surface area (Å²) in [4.78, 5) is 15.9. The zero-order valence-corrected chi connectivity index (χ0v) is 11.2. The highest BCUT2D eigenvalue weighted by molar-refractivity contribution is 5.92. The van der Waals surface area contributed by atoms with Gasteiger partial charge in [-0.05, 0) is 43.7 Å². The van der Waals surface area contributed by atoms with E-state index in [0.717, 1.165) is 31.9 Å². The maximum absolute atomic E-state index is 12.8. The Kier molecular flexibility index (Phi) is 4.14. The molecule has 0 bridgehead atoms. The van der Waals surface area contributed by atoms with Gasteiger partial charge in [-0.1, -0.05) is 6.92 Å². The molecule has 0 aliphatic heterocycles. The Morgan fingerprint density at radius 3 is 2.74 bits per heavy atom. The van der Waals surface area contributed by atoms with Gasteiger partial charge >= 0.3 is 0 Å². The molecule has 1 aliphatic rings. The lowest BCUT2D eigenvalue weighted by molar-refractivity contribution is 0.0855. The largest absolute Gasteiger partial charge is 0.344 e. The third kappa shape index (κ3) is 3.29. The molecule has 2 rings (SSSR count). The number of hydrogen-bond donors (Lipinski definition) is 2. The Morgan fingerprint density at radius 2 is 2.21 bits per heavy atom. The van der Waals surface area contributed by atoms with E-state index in [-0.39, 0.29) is 17.1 Å². The third-order valence-electron chi connectivity index (χ3n) is 3.96. The summed E-state index contributed by atoms with van der Waals surface area (Å²) in [7, 11) is 0. The average molecular weight is 265 g/mol. The smallest absolute Gasteiger partial charge is 0.270 e. The van der Waals surface area contributed by atoms with Crippen molar-refractivity contribution >= 4 is 5.91 Å². The number of carbonyl (C=O) groups excluding carboxylic acids is 1. The topological polar surface area (TPSA) is 68.0 Å². The van der Waals surface area contributed by atoms with Crippen molar-refractivity contribution < 1.29 is 9.18 Å². The molecule has 3 N–H and O–H groups in total. The van der Waals surface area contributed by atoms with Crippen LogP contribution in [0, 0.1) is 11.7 Å². The fourth-order valence-corrected chi connectivity index (χ4v) is 2.51. The van der Waals surface area contributed by atoms with E-state index in [1.807, 2.05) is 0 Å². The van der Waals surface area contributed by atoms with Crippen molar-refractivity contribution in [2.45, 2.75) is 38.1 Å². The van der Waals surface area contributed by atoms with E-state index < -0.39 is 5.82 Å². The lowest BCUT2D eigenvalue weighted by Crippen LogP contribution is -2.55. The van der Waals surface area contributed by atoms with Gasteiger partial charge in [-0.3, -0.25) is 4.79 Å². The Bertz CT molecular complexity index is 439. The van der Waals surface area contributed by atoms with Crippen LogP contribution >= 0.6 is 0 Å². The van der Waals surface area contributed by atoms with Gasteiger partial charge in [-0.15, -0.1) is 0 Å². The number of amides is 1. The fraction of sp³-hybridized carbons (Fsp3) is 0.571. The van der Waals surface area contributed by atoms with Gasteiger partial charge in [0.15, 0.2) is 0 Å². The van der Waals surface area contributed by atoms with E-state index in [1.54, 1.807) is 0 Å². The van der Waals surface area contributed by atoms with E-state index >= 15 is 0 Å². The number of pyridine rings is 1. The summed E-state index contributed by atoms with van der Waals surface area (Å²) < 4.78 is 12.8. The molecule has 4 nitrogen and oxygen atoms in total. The van der Waals surface area contributed by atoms with E-state index in [4.69, 9.17) is 5.73 Å². The first-order valence-corrected chi connectivity index (χ1v) is 6.69. The molecule has 0 aromatic carbocycles. The van der Waals surface area contributed by atoms with Crippen LogP contribution in [0.1, 0.15) is 43.1 Å². The highest BCUT2D eigenvalue weighted by Gasteiger charge is 2.34. The van der Waals surface area contributed by atoms with Crippen molar-refractivity contribution in [3.8, 4) is 0 Å². The van der Waals surface area contributed by atoms with Crippen LogP contribution in [0.4, 0.5) is 4.39 Å². The number of hydrogen-bond acceptors (Lipinski definition) is 3. The van der Waals surface area contributed by atoms with Crippen LogP contribution in [0.15, 0.2) is 18.3 Å². The number of nitrogens with zero attached hydrogens (tertiary/aromatic N) is 1. The van der Waals surface area contributed by atoms with Crippen molar-refractivity contribution in [1.29, 1.82) is 0 Å². The minimum absolute atomic E-state index is 0.229. The van der Waals surface area contributed by atoms with Gasteiger partial charge in [0, 0.05) is 6.54 Å². The average Bonchev–Trinajstić information content (AvgIpc) is 2.42. The second kappa shape index (κ2) is 5.65. The highest BCUT2D eigenvalue weighted by atomic mass is 19.1. The Labute approximate surface area is 112 Å². The summed E-state index contributed by atoms with van der Waals surface area (Å²) in [5.74, 6) is -0.0443. The Morgan fingerprint density at radius 1 is 1.53 bits per heavy atom. The second-order valence-electron chi connectivity index (χ2n) is 5.48. The quantitative estimate of drug-likeness (QED) is 0.876. The number of rotatable bonds is 3. The number of carbonyl (C=O) groups is 1. The molecule has 0 spiro atoms. The summed E-state index contributed by atoms with van der Waals surface area (Å²) >= 11 is 0. The fourth-order valence-electron chi connectivity index (χ4n) is 2.51. The third-order valence-corrected chi connectivity index (χ3v) is 3.96. The van der Waals surface area contributed by atoms with Crippen molar-refractivity contribution in [3.63, 3.8) is 0 Å². The predicted octanol–water partition coefficient (Wildman–Crippen LogP) is 1.86. The highest BCUT2D eigenvalue weighted by Crippen LogP contribution is 2.31. The molecule has 5 heteroatoms. The molecule has 1 fully saturated rings.